The maximum absolute atomic E-state index is 12.8. The Morgan fingerprint density at radius 3 is 1.82 bits per heavy atom. The number of hydrogen-bond acceptors (Lipinski definition) is 26. The van der Waals surface area contributed by atoms with Gasteiger partial charge < -0.3 is 119 Å². The molecule has 0 bridgehead atoms. The van der Waals surface area contributed by atoms with Gasteiger partial charge in [-0.2, -0.15) is 0 Å². The summed E-state index contributed by atoms with van der Waals surface area (Å²) >= 11 is 0. The Labute approximate surface area is 439 Å². The molecule has 18 unspecified atom stereocenters. The highest BCUT2D eigenvalue weighted by atomic mass is 17.1. The van der Waals surface area contributed by atoms with Crippen LogP contribution in [-0.4, -0.2) is 262 Å². The number of rotatable bonds is 12. The van der Waals surface area contributed by atoms with Crippen LogP contribution in [0.1, 0.15) is 79.1 Å². The van der Waals surface area contributed by atoms with Crippen molar-refractivity contribution in [2.24, 2.45) is 46.3 Å². The number of fused-ring (bicyclic) bond motifs is 7. The Balaban J connectivity index is 0.848. The molecule has 1 spiro atoms. The van der Waals surface area contributed by atoms with Gasteiger partial charge in [0.05, 0.1) is 63.1 Å². The van der Waals surface area contributed by atoms with E-state index < -0.39 is 178 Å². The highest BCUT2D eigenvalue weighted by Crippen LogP contribution is 2.72. The van der Waals surface area contributed by atoms with Crippen LogP contribution in [0, 0.1) is 46.3 Å². The van der Waals surface area contributed by atoms with Gasteiger partial charge in [-0.25, -0.2) is 4.89 Å². The molecule has 10 rings (SSSR count). The van der Waals surface area contributed by atoms with E-state index in [1.165, 1.54) is 0 Å². The summed E-state index contributed by atoms with van der Waals surface area (Å²) in [6.07, 6.45) is -34.6. The summed E-state index contributed by atoms with van der Waals surface area (Å²) in [6, 6.07) is 0. The van der Waals surface area contributed by atoms with Gasteiger partial charge in [0.15, 0.2) is 30.9 Å². The zero-order chi connectivity index (χ0) is 54.7. The van der Waals surface area contributed by atoms with Crippen molar-refractivity contribution < 1.29 is 129 Å². The van der Waals surface area contributed by atoms with Crippen LogP contribution in [0.25, 0.3) is 0 Å². The van der Waals surface area contributed by atoms with Crippen molar-refractivity contribution >= 4 is 0 Å². The highest BCUT2D eigenvalue weighted by molar-refractivity contribution is 5.21. The van der Waals surface area contributed by atoms with E-state index in [-0.39, 0.29) is 54.0 Å². The molecule has 4 saturated carbocycles. The molecule has 4 aliphatic carbocycles. The van der Waals surface area contributed by atoms with Crippen molar-refractivity contribution in [1.82, 2.24) is 0 Å². The zero-order valence-corrected chi connectivity index (χ0v) is 43.1. The highest BCUT2D eigenvalue weighted by Gasteiger charge is 2.73. The molecule has 0 aromatic heterocycles. The number of hydrogen-bond donors (Lipinski definition) is 15. The van der Waals surface area contributed by atoms with Crippen LogP contribution >= 0.6 is 0 Å². The van der Waals surface area contributed by atoms with Crippen LogP contribution < -0.4 is 0 Å². The number of aliphatic hydroxyl groups is 14. The molecule has 6 heterocycles. The quantitative estimate of drug-likeness (QED) is 0.0496. The number of ether oxygens (including phenoxy) is 10. The van der Waals surface area contributed by atoms with Gasteiger partial charge in [-0.15, -0.1) is 0 Å². The molecule has 26 nitrogen and oxygen atoms in total. The third kappa shape index (κ3) is 9.45. The zero-order valence-electron chi connectivity index (χ0n) is 43.1. The molecule has 0 aromatic carbocycles. The van der Waals surface area contributed by atoms with Gasteiger partial charge in [0.1, 0.15) is 91.6 Å². The van der Waals surface area contributed by atoms with E-state index >= 15 is 0 Å². The number of aliphatic hydroxyl groups excluding tert-OH is 13. The minimum absolute atomic E-state index is 0.00513. The third-order valence-electron chi connectivity index (χ3n) is 20.3. The van der Waals surface area contributed by atoms with Crippen LogP contribution in [0.2, 0.25) is 0 Å². The topological polar surface area (TPSA) is 405 Å². The Morgan fingerprint density at radius 2 is 1.17 bits per heavy atom. The summed E-state index contributed by atoms with van der Waals surface area (Å²) in [5, 5.41) is 166. The Morgan fingerprint density at radius 1 is 0.566 bits per heavy atom. The van der Waals surface area contributed by atoms with Crippen molar-refractivity contribution in [2.45, 2.75) is 232 Å². The summed E-state index contributed by atoms with van der Waals surface area (Å²) in [6.45, 7) is 6.04. The smallest absolute Gasteiger partial charge is 0.187 e. The van der Waals surface area contributed by atoms with Gasteiger partial charge >= 0.3 is 0 Å². The van der Waals surface area contributed by atoms with Crippen molar-refractivity contribution in [2.75, 3.05) is 33.0 Å². The van der Waals surface area contributed by atoms with Gasteiger partial charge in [-0.05, 0) is 73.5 Å². The van der Waals surface area contributed by atoms with E-state index in [9.17, 15) is 76.7 Å². The lowest BCUT2D eigenvalue weighted by Crippen LogP contribution is -2.71. The van der Waals surface area contributed by atoms with Gasteiger partial charge in [-0.3, -0.25) is 5.26 Å². The van der Waals surface area contributed by atoms with E-state index in [4.69, 9.17) is 47.4 Å². The normalized spacial score (nSPS) is 58.4. The molecule has 10 fully saturated rings. The predicted octanol–water partition coefficient (Wildman–Crippen LogP) is -4.72. The summed E-state index contributed by atoms with van der Waals surface area (Å²) in [4.78, 5) is 4.22. The lowest BCUT2D eigenvalue weighted by molar-refractivity contribution is -0.416. The first-order chi connectivity index (χ1) is 36.0. The van der Waals surface area contributed by atoms with Crippen LogP contribution in [-0.2, 0) is 52.3 Å². The standard InChI is InChI=1S/C50H82O26/c1-18-5-8-50(67-16-18)19(2)31-25(75-50)10-22-20-9-30(56)49(64)12-26(23(54)11-48(49,4)21(20)6-7-47(22,31)3)68-44-37(62)34(59)39(28(14-52)70-44)72-46-42(74-45-38(63)35(60)40(76-65)29(15-53)71-45)41(33(58)27(13-51)69-46)73-43-36(61)32(57)24(55)17-66-43/h18-46,51-65H,5-17H2,1-4H3/t18-,19?,20?,21?,22?,23-,24-,25?,26?,27?,28?,29?,30-,31?,32?,33-,34?,35?,36?,37?,38?,39+,40+,41?,42?,43+,44+,45+,46+,47+,48-,49+,50-/m1/s1. The first-order valence-corrected chi connectivity index (χ1v) is 27.2. The fourth-order valence-corrected chi connectivity index (χ4v) is 16.0. The van der Waals surface area contributed by atoms with Gasteiger partial charge in [-0.1, -0.05) is 27.7 Å². The molecule has 10 aliphatic rings. The van der Waals surface area contributed by atoms with Crippen molar-refractivity contribution in [1.29, 1.82) is 0 Å². The first kappa shape index (κ1) is 58.2. The van der Waals surface area contributed by atoms with Gasteiger partial charge in [0.2, 0.25) is 0 Å². The fourth-order valence-electron chi connectivity index (χ4n) is 16.0. The van der Waals surface area contributed by atoms with Crippen LogP contribution in [0.4, 0.5) is 0 Å². The Hall–Kier alpha value is -1.04. The summed E-state index contributed by atoms with van der Waals surface area (Å²) in [5.41, 5.74) is -2.84. The van der Waals surface area contributed by atoms with Crippen molar-refractivity contribution in [3.63, 3.8) is 0 Å². The van der Waals surface area contributed by atoms with Crippen LogP contribution in [0.15, 0.2) is 0 Å². The second-order valence-electron chi connectivity index (χ2n) is 24.4. The molecule has 438 valence electrons. The molecule has 15 N–H and O–H groups in total. The molecule has 0 amide bonds. The predicted molar refractivity (Wildman–Crippen MR) is 248 cm³/mol. The van der Waals surface area contributed by atoms with Crippen LogP contribution in [0.3, 0.4) is 0 Å². The van der Waals surface area contributed by atoms with Crippen molar-refractivity contribution in [3.05, 3.63) is 0 Å². The van der Waals surface area contributed by atoms with E-state index in [1.54, 1.807) is 0 Å². The minimum atomic E-state index is -2.09. The van der Waals surface area contributed by atoms with Gasteiger partial charge in [0.25, 0.3) is 0 Å². The van der Waals surface area contributed by atoms with E-state index in [0.717, 1.165) is 32.1 Å². The molecule has 76 heavy (non-hydrogen) atoms. The van der Waals surface area contributed by atoms with Gasteiger partial charge in [0, 0.05) is 24.2 Å². The second kappa shape index (κ2) is 21.9. The van der Waals surface area contributed by atoms with E-state index in [1.807, 2.05) is 6.92 Å². The molecule has 0 aromatic rings. The largest absolute Gasteiger partial charge is 0.394 e. The van der Waals surface area contributed by atoms with Crippen LogP contribution in [0.5, 0.6) is 0 Å². The molecule has 6 aliphatic heterocycles. The van der Waals surface area contributed by atoms with Crippen molar-refractivity contribution in [3.8, 4) is 0 Å². The summed E-state index contributed by atoms with van der Waals surface area (Å²) in [5.74, 6) is 0.468. The summed E-state index contributed by atoms with van der Waals surface area (Å²) < 4.78 is 60.7. The maximum atomic E-state index is 12.8. The molecule has 33 atom stereocenters. The maximum Gasteiger partial charge on any atom is 0.187 e. The monoisotopic (exact) mass is 1100 g/mol. The lowest BCUT2D eigenvalue weighted by Gasteiger charge is -2.66. The first-order valence-electron chi connectivity index (χ1n) is 27.2. The Bertz CT molecular complexity index is 1970. The summed E-state index contributed by atoms with van der Waals surface area (Å²) in [7, 11) is 0. The Kier molecular flexibility index (Phi) is 16.8. The SMILES string of the molecule is CC1C2C(CC3C4C[C@@H](O)[C@@]5(O)CC(O[C@H]6OC(CO)[C@H](O[C@@H]7OC(CO)[C@@H](O)C(O[C@@H]8OC[C@@H](O)C(O)C8O)C7O[C@@H]7OC(CO)[C@H](OO)C(O)C7O)C(O)C6O)[C@H](O)C[C@]5(C)C4CC[C@@]32C)O[C@]12CC[C@@H](C)CO2. The molecule has 6 saturated heterocycles. The third-order valence-corrected chi connectivity index (χ3v) is 20.3. The average molecular weight is 1100 g/mol. The molecule has 26 heteroatoms. The van der Waals surface area contributed by atoms with E-state index in [2.05, 4.69) is 25.7 Å². The van der Waals surface area contributed by atoms with E-state index in [0.29, 0.717) is 18.9 Å². The minimum Gasteiger partial charge on any atom is -0.394 e. The fraction of sp³-hybridized carbons (Fsp3) is 1.00. The lowest BCUT2D eigenvalue weighted by atomic mass is 9.42. The molecule has 0 radical (unpaired) electrons. The molecular weight excluding hydrogens is 1020 g/mol. The molecular formula is C50H82O26. The average Bonchev–Trinajstić information content (AvgIpc) is 3.88. The second-order valence-corrected chi connectivity index (χ2v) is 24.4.